The highest BCUT2D eigenvalue weighted by molar-refractivity contribution is 6.14. The third-order valence-electron chi connectivity index (χ3n) is 6.95. The summed E-state index contributed by atoms with van der Waals surface area (Å²) in [4.78, 5) is 65.2. The van der Waals surface area contributed by atoms with Gasteiger partial charge in [-0.05, 0) is 49.7 Å². The molecule has 0 fully saturated rings. The van der Waals surface area contributed by atoms with Crippen LogP contribution in [0.3, 0.4) is 0 Å². The van der Waals surface area contributed by atoms with Crippen LogP contribution in [0.4, 0.5) is 0 Å². The van der Waals surface area contributed by atoms with Crippen LogP contribution in [0, 0.1) is 0 Å². The second-order valence-electron chi connectivity index (χ2n) is 9.75. The Hall–Kier alpha value is -5.57. The molecule has 0 heterocycles. The third-order valence-corrected chi connectivity index (χ3v) is 6.95. The Labute approximate surface area is 260 Å². The van der Waals surface area contributed by atoms with Crippen molar-refractivity contribution in [2.45, 2.75) is 25.7 Å². The number of carbonyl (C=O) groups excluding carboxylic acids is 5. The number of hydrogen-bond acceptors (Lipinski definition) is 9. The average Bonchev–Trinajstić information content (AvgIpc) is 3.07. The van der Waals surface area contributed by atoms with Crippen molar-refractivity contribution in [3.8, 4) is 5.75 Å². The number of ketones is 1. The lowest BCUT2D eigenvalue weighted by Gasteiger charge is -2.29. The van der Waals surface area contributed by atoms with E-state index in [-0.39, 0.29) is 54.5 Å². The first kappa shape index (κ1) is 32.3. The third kappa shape index (κ3) is 7.51. The van der Waals surface area contributed by atoms with E-state index in [1.54, 1.807) is 92.7 Å². The van der Waals surface area contributed by atoms with Crippen LogP contribution < -0.4 is 4.74 Å². The van der Waals surface area contributed by atoms with E-state index in [4.69, 9.17) is 18.9 Å². The number of esters is 4. The van der Waals surface area contributed by atoms with Crippen LogP contribution in [0.5, 0.6) is 5.75 Å². The zero-order valence-corrected chi connectivity index (χ0v) is 24.9. The van der Waals surface area contributed by atoms with Crippen LogP contribution in [0.1, 0.15) is 62.5 Å². The number of hydrogen-bond donors (Lipinski definition) is 0. The van der Waals surface area contributed by atoms with E-state index in [1.165, 1.54) is 30.3 Å². The van der Waals surface area contributed by atoms with E-state index in [2.05, 4.69) is 0 Å². The van der Waals surface area contributed by atoms with Gasteiger partial charge in [0.15, 0.2) is 11.2 Å². The molecule has 4 aromatic carbocycles. The molecular formula is C36H32O9. The molecule has 0 saturated heterocycles. The SMILES string of the molecule is CCOC(=O)C(CCOC(=O)c1ccc(OC(=O)c2ccccc2C(=O)c2ccccc2)cc1)(C(=O)OCC)c1ccccc1. The van der Waals surface area contributed by atoms with Crippen molar-refractivity contribution in [1.82, 2.24) is 0 Å². The fourth-order valence-electron chi connectivity index (χ4n) is 4.70. The van der Waals surface area contributed by atoms with Crippen molar-refractivity contribution >= 4 is 29.7 Å². The van der Waals surface area contributed by atoms with Crippen LogP contribution >= 0.6 is 0 Å². The highest BCUT2D eigenvalue weighted by atomic mass is 16.6. The molecule has 0 amide bonds. The smallest absolute Gasteiger partial charge is 0.344 e. The largest absolute Gasteiger partial charge is 0.465 e. The van der Waals surface area contributed by atoms with Crippen LogP contribution in [0.15, 0.2) is 109 Å². The van der Waals surface area contributed by atoms with Crippen molar-refractivity contribution in [1.29, 1.82) is 0 Å². The predicted octanol–water partition coefficient (Wildman–Crippen LogP) is 5.75. The second-order valence-corrected chi connectivity index (χ2v) is 9.75. The average molecular weight is 609 g/mol. The Bertz CT molecular complexity index is 1630. The summed E-state index contributed by atoms with van der Waals surface area (Å²) in [6.07, 6.45) is -0.211. The lowest BCUT2D eigenvalue weighted by molar-refractivity contribution is -0.166. The van der Waals surface area contributed by atoms with Gasteiger partial charge in [0.25, 0.3) is 0 Å². The highest BCUT2D eigenvalue weighted by Crippen LogP contribution is 2.32. The van der Waals surface area contributed by atoms with Crippen molar-refractivity contribution < 1.29 is 42.9 Å². The molecule has 45 heavy (non-hydrogen) atoms. The van der Waals surface area contributed by atoms with Crippen molar-refractivity contribution in [2.75, 3.05) is 19.8 Å². The Morgan fingerprint density at radius 2 is 1.09 bits per heavy atom. The monoisotopic (exact) mass is 608 g/mol. The predicted molar refractivity (Wildman–Crippen MR) is 164 cm³/mol. The fourth-order valence-corrected chi connectivity index (χ4v) is 4.70. The van der Waals surface area contributed by atoms with E-state index in [9.17, 15) is 24.0 Å². The molecule has 0 bridgehead atoms. The van der Waals surface area contributed by atoms with Crippen molar-refractivity contribution in [2.24, 2.45) is 0 Å². The number of ether oxygens (including phenoxy) is 4. The maximum absolute atomic E-state index is 13.2. The summed E-state index contributed by atoms with van der Waals surface area (Å²) in [7, 11) is 0. The molecule has 0 spiro atoms. The standard InChI is InChI=1S/C36H32O9/c1-3-42-34(40)36(35(41)43-4-2,27-15-9-6-10-16-27)23-24-44-32(38)26-19-21-28(22-20-26)45-33(39)30-18-12-11-17-29(30)31(37)25-13-7-5-8-14-25/h5-22H,3-4,23-24H2,1-2H3. The maximum atomic E-state index is 13.2. The van der Waals surface area contributed by atoms with Gasteiger partial charge in [-0.1, -0.05) is 78.9 Å². The summed E-state index contributed by atoms with van der Waals surface area (Å²) < 4.78 is 21.4. The molecular weight excluding hydrogens is 576 g/mol. The molecule has 4 rings (SSSR count). The zero-order chi connectivity index (χ0) is 32.2. The summed E-state index contributed by atoms with van der Waals surface area (Å²) in [6, 6.07) is 29.0. The molecule has 0 unspecified atom stereocenters. The molecule has 0 aliphatic rings. The molecule has 0 atom stereocenters. The van der Waals surface area contributed by atoms with E-state index >= 15 is 0 Å². The molecule has 9 nitrogen and oxygen atoms in total. The Kier molecular flexibility index (Phi) is 11.0. The Morgan fingerprint density at radius 3 is 1.67 bits per heavy atom. The summed E-state index contributed by atoms with van der Waals surface area (Å²) in [5.74, 6) is -3.23. The molecule has 0 radical (unpaired) electrons. The van der Waals surface area contributed by atoms with Gasteiger partial charge in [-0.3, -0.25) is 14.4 Å². The molecule has 0 aliphatic carbocycles. The first-order valence-corrected chi connectivity index (χ1v) is 14.4. The number of rotatable bonds is 13. The summed E-state index contributed by atoms with van der Waals surface area (Å²) in [5.41, 5.74) is -0.593. The molecule has 0 aromatic heterocycles. The van der Waals surface area contributed by atoms with Crippen LogP contribution in [0.25, 0.3) is 0 Å². The normalized spacial score (nSPS) is 10.8. The Morgan fingerprint density at radius 1 is 0.556 bits per heavy atom. The minimum Gasteiger partial charge on any atom is -0.465 e. The van der Waals surface area contributed by atoms with Gasteiger partial charge in [-0.25, -0.2) is 9.59 Å². The van der Waals surface area contributed by atoms with Gasteiger partial charge in [0, 0.05) is 17.5 Å². The van der Waals surface area contributed by atoms with Crippen molar-refractivity contribution in [3.63, 3.8) is 0 Å². The molecule has 0 saturated carbocycles. The number of carbonyl (C=O) groups is 5. The van der Waals surface area contributed by atoms with Gasteiger partial charge in [0.1, 0.15) is 5.75 Å². The topological polar surface area (TPSA) is 122 Å². The van der Waals surface area contributed by atoms with Crippen LogP contribution in [0.2, 0.25) is 0 Å². The zero-order valence-electron chi connectivity index (χ0n) is 24.9. The van der Waals surface area contributed by atoms with E-state index in [0.717, 1.165) is 0 Å². The van der Waals surface area contributed by atoms with Crippen LogP contribution in [-0.2, 0) is 29.2 Å². The van der Waals surface area contributed by atoms with Gasteiger partial charge in [0.05, 0.1) is 30.9 Å². The molecule has 4 aromatic rings. The second kappa shape index (κ2) is 15.2. The van der Waals surface area contributed by atoms with E-state index < -0.39 is 29.3 Å². The van der Waals surface area contributed by atoms with E-state index in [0.29, 0.717) is 11.1 Å². The maximum Gasteiger partial charge on any atom is 0.344 e. The first-order valence-electron chi connectivity index (χ1n) is 14.4. The number of benzene rings is 4. The molecule has 0 N–H and O–H groups in total. The van der Waals surface area contributed by atoms with Gasteiger partial charge in [-0.15, -0.1) is 0 Å². The van der Waals surface area contributed by atoms with Crippen molar-refractivity contribution in [3.05, 3.63) is 137 Å². The summed E-state index contributed by atoms with van der Waals surface area (Å²) in [6.45, 7) is 3.04. The van der Waals surface area contributed by atoms with Gasteiger partial charge >= 0.3 is 23.9 Å². The van der Waals surface area contributed by atoms with Gasteiger partial charge in [0.2, 0.25) is 0 Å². The first-order chi connectivity index (χ1) is 21.8. The summed E-state index contributed by atoms with van der Waals surface area (Å²) >= 11 is 0. The summed E-state index contributed by atoms with van der Waals surface area (Å²) in [5, 5.41) is 0. The van der Waals surface area contributed by atoms with Crippen LogP contribution in [-0.4, -0.2) is 49.5 Å². The molecule has 9 heteroatoms. The Balaban J connectivity index is 1.44. The molecule has 0 aliphatic heterocycles. The van der Waals surface area contributed by atoms with Gasteiger partial charge in [-0.2, -0.15) is 0 Å². The van der Waals surface area contributed by atoms with Gasteiger partial charge < -0.3 is 18.9 Å². The highest BCUT2D eigenvalue weighted by Gasteiger charge is 2.50. The quantitative estimate of drug-likeness (QED) is 0.0614. The lowest BCUT2D eigenvalue weighted by atomic mass is 9.77. The molecule has 230 valence electrons. The fraction of sp³-hybridized carbons (Fsp3) is 0.194. The minimum atomic E-state index is -1.83. The minimum absolute atomic E-state index is 0.0401. The lowest BCUT2D eigenvalue weighted by Crippen LogP contribution is -2.47. The van der Waals surface area contributed by atoms with E-state index in [1.807, 2.05) is 0 Å².